The van der Waals surface area contributed by atoms with Crippen molar-refractivity contribution in [2.45, 2.75) is 6.92 Å². The highest BCUT2D eigenvalue weighted by Crippen LogP contribution is 2.26. The fourth-order valence-corrected chi connectivity index (χ4v) is 2.30. The van der Waals surface area contributed by atoms with Crippen molar-refractivity contribution in [2.24, 2.45) is 0 Å². The summed E-state index contributed by atoms with van der Waals surface area (Å²) in [5.41, 5.74) is 3.60. The maximum absolute atomic E-state index is 13.1. The number of rotatable bonds is 3. The van der Waals surface area contributed by atoms with Crippen LogP contribution in [0.4, 0.5) is 4.39 Å². The van der Waals surface area contributed by atoms with Gasteiger partial charge in [-0.15, -0.1) is 0 Å². The van der Waals surface area contributed by atoms with E-state index in [0.29, 0.717) is 22.6 Å². The predicted molar refractivity (Wildman–Crippen MR) is 79.4 cm³/mol. The van der Waals surface area contributed by atoms with Crippen LogP contribution in [0.15, 0.2) is 48.7 Å². The average Bonchev–Trinajstić information content (AvgIpc) is 2.83. The minimum absolute atomic E-state index is 0.338. The fourth-order valence-electron chi connectivity index (χ4n) is 2.30. The number of aromatic nitrogens is 2. The second-order valence-electron chi connectivity index (χ2n) is 4.94. The third kappa shape index (κ3) is 2.61. The molecule has 3 rings (SSSR count). The maximum Gasteiger partial charge on any atom is 0.137 e. The molecule has 4 nitrogen and oxygen atoms in total. The second-order valence-corrected chi connectivity index (χ2v) is 4.94. The maximum atomic E-state index is 13.1. The number of aryl methyl sites for hydroxylation is 1. The number of aliphatic carboxylic acids is 1. The van der Waals surface area contributed by atoms with Gasteiger partial charge in [-0.25, -0.2) is 9.37 Å². The molecule has 0 aliphatic rings. The molecule has 0 fully saturated rings. The summed E-state index contributed by atoms with van der Waals surface area (Å²) in [6.45, 7) is 1.93. The summed E-state index contributed by atoms with van der Waals surface area (Å²) in [5.74, 6) is -1.62. The molecule has 0 saturated carbocycles. The van der Waals surface area contributed by atoms with Gasteiger partial charge in [-0.05, 0) is 55.0 Å². The molecule has 0 atom stereocenters. The second kappa shape index (κ2) is 5.44. The lowest BCUT2D eigenvalue weighted by molar-refractivity contribution is -0.297. The molecule has 3 aromatic rings. The molecule has 0 spiro atoms. The zero-order chi connectivity index (χ0) is 15.7. The van der Waals surface area contributed by atoms with Crippen LogP contribution >= 0.6 is 0 Å². The van der Waals surface area contributed by atoms with Gasteiger partial charge in [-0.2, -0.15) is 0 Å². The van der Waals surface area contributed by atoms with Crippen molar-refractivity contribution in [1.82, 2.24) is 9.38 Å². The number of fused-ring (bicyclic) bond motifs is 1. The molecule has 0 N–H and O–H groups in total. The van der Waals surface area contributed by atoms with Gasteiger partial charge >= 0.3 is 0 Å². The van der Waals surface area contributed by atoms with Gasteiger partial charge in [-0.3, -0.25) is 4.40 Å². The first-order valence-corrected chi connectivity index (χ1v) is 6.68. The molecule has 22 heavy (non-hydrogen) atoms. The van der Waals surface area contributed by atoms with Crippen LogP contribution in [0.1, 0.15) is 11.3 Å². The predicted octanol–water partition coefficient (Wildman–Crippen LogP) is 2.21. The molecule has 0 radical (unpaired) electrons. The highest BCUT2D eigenvalue weighted by atomic mass is 19.1. The number of pyridine rings is 1. The molecular weight excluding hydrogens is 283 g/mol. The summed E-state index contributed by atoms with van der Waals surface area (Å²) in [4.78, 5) is 15.2. The van der Waals surface area contributed by atoms with E-state index < -0.39 is 5.97 Å². The van der Waals surface area contributed by atoms with Gasteiger partial charge in [0, 0.05) is 11.8 Å². The van der Waals surface area contributed by atoms with Crippen molar-refractivity contribution in [1.29, 1.82) is 0 Å². The fraction of sp³-hybridized carbons (Fsp3) is 0.0588. The molecule has 5 heteroatoms. The van der Waals surface area contributed by atoms with Gasteiger partial charge in [0.15, 0.2) is 0 Å². The highest BCUT2D eigenvalue weighted by Gasteiger charge is 2.12. The van der Waals surface area contributed by atoms with Crippen molar-refractivity contribution in [3.8, 4) is 11.3 Å². The van der Waals surface area contributed by atoms with Gasteiger partial charge in [-0.1, -0.05) is 6.07 Å². The summed E-state index contributed by atoms with van der Waals surface area (Å²) in [7, 11) is 0. The zero-order valence-electron chi connectivity index (χ0n) is 11.8. The number of carbonyl (C=O) groups excluding carboxylic acids is 1. The summed E-state index contributed by atoms with van der Waals surface area (Å²) in [5, 5.41) is 10.7. The Hall–Kier alpha value is -2.95. The number of benzene rings is 1. The summed E-state index contributed by atoms with van der Waals surface area (Å²) < 4.78 is 14.9. The Bertz CT molecular complexity index is 880. The van der Waals surface area contributed by atoms with Crippen molar-refractivity contribution in [3.63, 3.8) is 0 Å². The topological polar surface area (TPSA) is 57.4 Å². The first kappa shape index (κ1) is 14.0. The van der Waals surface area contributed by atoms with Gasteiger partial charge in [0.1, 0.15) is 11.5 Å². The number of hydrogen-bond donors (Lipinski definition) is 0. The summed E-state index contributed by atoms with van der Waals surface area (Å²) >= 11 is 0. The highest BCUT2D eigenvalue weighted by molar-refractivity contribution is 5.86. The first-order chi connectivity index (χ1) is 10.5. The van der Waals surface area contributed by atoms with Crippen LogP contribution in [0.25, 0.3) is 23.0 Å². The molecule has 110 valence electrons. The van der Waals surface area contributed by atoms with Gasteiger partial charge in [0.05, 0.1) is 17.4 Å². The number of carbonyl (C=O) groups is 1. The summed E-state index contributed by atoms with van der Waals surface area (Å²) in [6.07, 6.45) is 4.26. The molecule has 0 amide bonds. The zero-order valence-corrected chi connectivity index (χ0v) is 11.8. The SMILES string of the molecule is Cc1ccc2nc(-c3ccc(F)cc3)c(/C=C/C(=O)[O-])n2c1. The lowest BCUT2D eigenvalue weighted by Gasteiger charge is -2.02. The Morgan fingerprint density at radius 2 is 1.95 bits per heavy atom. The van der Waals surface area contributed by atoms with Crippen molar-refractivity contribution < 1.29 is 14.3 Å². The van der Waals surface area contributed by atoms with E-state index in [-0.39, 0.29) is 5.82 Å². The number of carboxylic acid groups (broad SMARTS) is 1. The Morgan fingerprint density at radius 1 is 1.23 bits per heavy atom. The van der Waals surface area contributed by atoms with Gasteiger partial charge < -0.3 is 9.90 Å². The lowest BCUT2D eigenvalue weighted by Crippen LogP contribution is -2.18. The van der Waals surface area contributed by atoms with E-state index in [2.05, 4.69) is 4.98 Å². The largest absolute Gasteiger partial charge is 0.545 e. The number of halogens is 1. The average molecular weight is 295 g/mol. The minimum atomic E-state index is -1.28. The monoisotopic (exact) mass is 295 g/mol. The molecule has 0 aliphatic carbocycles. The van der Waals surface area contributed by atoms with E-state index >= 15 is 0 Å². The molecule has 0 aliphatic heterocycles. The van der Waals surface area contributed by atoms with E-state index in [9.17, 15) is 14.3 Å². The van der Waals surface area contributed by atoms with Crippen LogP contribution < -0.4 is 5.11 Å². The van der Waals surface area contributed by atoms with Gasteiger partial charge in [0.2, 0.25) is 0 Å². The molecule has 0 unspecified atom stereocenters. The van der Waals surface area contributed by atoms with Crippen molar-refractivity contribution >= 4 is 17.7 Å². The first-order valence-electron chi connectivity index (χ1n) is 6.68. The van der Waals surface area contributed by atoms with Crippen molar-refractivity contribution in [2.75, 3.05) is 0 Å². The molecule has 2 aromatic heterocycles. The third-order valence-corrected chi connectivity index (χ3v) is 3.30. The van der Waals surface area contributed by atoms with Crippen LogP contribution in [0.3, 0.4) is 0 Å². The van der Waals surface area contributed by atoms with E-state index in [1.807, 2.05) is 25.3 Å². The molecule has 0 saturated heterocycles. The number of hydrogen-bond acceptors (Lipinski definition) is 3. The summed E-state index contributed by atoms with van der Waals surface area (Å²) in [6, 6.07) is 9.68. The standard InChI is InChI=1S/C17H13FN2O2/c1-11-2-8-15-19-17(12-3-5-13(18)6-4-12)14(20(15)10-11)7-9-16(21)22/h2-10H,1H3,(H,21,22)/p-1/b9-7+. The van der Waals surface area contributed by atoms with E-state index in [4.69, 9.17) is 0 Å². The Morgan fingerprint density at radius 3 is 2.64 bits per heavy atom. The Kier molecular flexibility index (Phi) is 3.47. The number of nitrogens with zero attached hydrogens (tertiary/aromatic N) is 2. The van der Waals surface area contributed by atoms with E-state index in [1.165, 1.54) is 18.2 Å². The normalized spacial score (nSPS) is 11.4. The van der Waals surface area contributed by atoms with Crippen LogP contribution in [-0.4, -0.2) is 15.4 Å². The molecule has 1 aromatic carbocycles. The lowest BCUT2D eigenvalue weighted by atomic mass is 10.1. The number of imidazole rings is 1. The number of carboxylic acids is 1. The van der Waals surface area contributed by atoms with Crippen LogP contribution in [0, 0.1) is 12.7 Å². The van der Waals surface area contributed by atoms with Crippen LogP contribution in [0.2, 0.25) is 0 Å². The van der Waals surface area contributed by atoms with Crippen LogP contribution in [0.5, 0.6) is 0 Å². The smallest absolute Gasteiger partial charge is 0.137 e. The van der Waals surface area contributed by atoms with E-state index in [0.717, 1.165) is 11.6 Å². The minimum Gasteiger partial charge on any atom is -0.545 e. The third-order valence-electron chi connectivity index (χ3n) is 3.30. The van der Waals surface area contributed by atoms with Crippen LogP contribution in [-0.2, 0) is 4.79 Å². The Balaban J connectivity index is 2.26. The molecular formula is C17H12FN2O2-. The van der Waals surface area contributed by atoms with Crippen molar-refractivity contribution in [3.05, 3.63) is 65.7 Å². The quantitative estimate of drug-likeness (QED) is 0.696. The van der Waals surface area contributed by atoms with Gasteiger partial charge in [0.25, 0.3) is 0 Å². The van der Waals surface area contributed by atoms with E-state index in [1.54, 1.807) is 16.5 Å². The molecule has 0 bridgehead atoms. The Labute approximate surface area is 126 Å². The molecule has 2 heterocycles.